The van der Waals surface area contributed by atoms with Crippen molar-refractivity contribution < 1.29 is 14.3 Å². The molecule has 2 aliphatic carbocycles. The minimum absolute atomic E-state index is 0.0943. The van der Waals surface area contributed by atoms with E-state index in [0.717, 1.165) is 122 Å². The van der Waals surface area contributed by atoms with Gasteiger partial charge in [0.05, 0.1) is 0 Å². The van der Waals surface area contributed by atoms with E-state index in [4.69, 9.17) is 4.74 Å². The van der Waals surface area contributed by atoms with Crippen molar-refractivity contribution in [1.82, 2.24) is 0 Å². The van der Waals surface area contributed by atoms with Gasteiger partial charge in [-0.1, -0.05) is 277 Å². The van der Waals surface area contributed by atoms with Crippen LogP contribution in [-0.2, 0) is 9.59 Å². The van der Waals surface area contributed by atoms with E-state index in [1.54, 1.807) is 0 Å². The van der Waals surface area contributed by atoms with Gasteiger partial charge in [0.1, 0.15) is 11.9 Å². The Morgan fingerprint density at radius 1 is 0.284 bits per heavy atom. The summed E-state index contributed by atoms with van der Waals surface area (Å²) in [7, 11) is 0. The lowest BCUT2D eigenvalue weighted by molar-refractivity contribution is -0.109. The summed E-state index contributed by atoms with van der Waals surface area (Å²) in [5.41, 5.74) is 20.6. The van der Waals surface area contributed by atoms with Gasteiger partial charge < -0.3 is 4.74 Å². The van der Waals surface area contributed by atoms with Crippen molar-refractivity contribution in [1.29, 1.82) is 0 Å². The second-order valence-electron chi connectivity index (χ2n) is 26.0. The molecule has 0 aliphatic heterocycles. The van der Waals surface area contributed by atoms with Gasteiger partial charge in [0.25, 0.3) is 0 Å². The molecule has 13 aromatic carbocycles. The Hall–Kier alpha value is -15.2. The molecule has 0 N–H and O–H groups in total. The first-order chi connectivity index (χ1) is 53.8. The molecule has 0 heterocycles. The van der Waals surface area contributed by atoms with Gasteiger partial charge in [0.2, 0.25) is 0 Å². The predicted molar refractivity (Wildman–Crippen MR) is 445 cm³/mol. The Labute approximate surface area is 638 Å². The van der Waals surface area contributed by atoms with Crippen LogP contribution in [0.15, 0.2) is 381 Å². The number of Topliss-reactive ketones (excluding diaryl/α,β-unsaturated/α-hetero) is 2. The number of hydrogen-bond acceptors (Lipinski definition) is 3. The first-order valence-electron chi connectivity index (χ1n) is 36.0. The van der Waals surface area contributed by atoms with E-state index in [1.165, 1.54) is 0 Å². The maximum atomic E-state index is 15.9. The summed E-state index contributed by atoms with van der Waals surface area (Å²) >= 11 is 0. The summed E-state index contributed by atoms with van der Waals surface area (Å²) in [5, 5.41) is 0. The fraction of sp³-hybridized carbons (Fsp3) is 0.0189. The minimum atomic E-state index is -0.360. The number of hydrogen-bond donors (Lipinski definition) is 0. The standard InChI is InChI=1S/C106H66O3/c107-105(99(91-59-47-84(48-60-91)38-32-78-21-9-2-10-22-78)75-89-45-43-83(44-46-89)37-31-77-19-7-1-8-20-77)100(92-61-49-85(50-62-92)39-33-79-23-11-3-12-24-79)76-90-57-71-97(72-58-90)109-98-73-69-94(70-74-98)102-101(93-63-51-86(52-64-93)40-34-80-25-13-4-14-26-80)103(95-65-53-87(54-66-95)41-35-81-27-15-5-16-28-81)106(108)104(102)96-67-55-88(56-68-96)42-36-82-29-17-6-18-30-82/h1-30,43-73,75-76,98H,74H2/b99-75+,100-76+. The van der Waals surface area contributed by atoms with Crippen LogP contribution in [0.5, 0.6) is 5.75 Å². The molecule has 0 aromatic heterocycles. The van der Waals surface area contributed by atoms with E-state index in [0.29, 0.717) is 34.5 Å². The van der Waals surface area contributed by atoms with Crippen molar-refractivity contribution in [3.63, 3.8) is 0 Å². The number of carbonyl (C=O) groups excluding carboxylic acids is 2. The second kappa shape index (κ2) is 33.9. The third kappa shape index (κ3) is 17.9. The molecule has 3 heteroatoms. The number of allylic oxidation sites excluding steroid dienone is 8. The van der Waals surface area contributed by atoms with Gasteiger partial charge in [0, 0.05) is 107 Å². The Bertz CT molecular complexity index is 6130. The van der Waals surface area contributed by atoms with Crippen LogP contribution in [0.2, 0.25) is 0 Å². The molecule has 508 valence electrons. The molecular weight excluding hydrogens is 1320 g/mol. The molecule has 0 radical (unpaired) electrons. The second-order valence-corrected chi connectivity index (χ2v) is 26.0. The van der Waals surface area contributed by atoms with Crippen LogP contribution in [-0.4, -0.2) is 17.7 Å². The van der Waals surface area contributed by atoms with Gasteiger partial charge in [-0.2, -0.15) is 0 Å². The van der Waals surface area contributed by atoms with Gasteiger partial charge in [-0.3, -0.25) is 9.59 Å². The molecule has 1 unspecified atom stereocenters. The highest BCUT2D eigenvalue weighted by Gasteiger charge is 2.36. The average molecular weight is 1390 g/mol. The lowest BCUT2D eigenvalue weighted by Crippen LogP contribution is -2.15. The Balaban J connectivity index is 0.763. The summed E-state index contributed by atoms with van der Waals surface area (Å²) in [6.45, 7) is 0. The van der Waals surface area contributed by atoms with Crippen LogP contribution in [0.1, 0.15) is 112 Å². The summed E-state index contributed by atoms with van der Waals surface area (Å²) in [6.07, 6.45) is 10.4. The highest BCUT2D eigenvalue weighted by molar-refractivity contribution is 6.53. The quantitative estimate of drug-likeness (QED) is 0.0696. The predicted octanol–water partition coefficient (Wildman–Crippen LogP) is 21.7. The van der Waals surface area contributed by atoms with Crippen molar-refractivity contribution in [3.8, 4) is 76.8 Å². The van der Waals surface area contributed by atoms with Crippen molar-refractivity contribution in [2.24, 2.45) is 0 Å². The molecule has 0 saturated heterocycles. The van der Waals surface area contributed by atoms with E-state index < -0.39 is 0 Å². The summed E-state index contributed by atoms with van der Waals surface area (Å²) < 4.78 is 6.83. The van der Waals surface area contributed by atoms with Crippen LogP contribution in [0.3, 0.4) is 0 Å². The number of benzene rings is 13. The maximum Gasteiger partial charge on any atom is 0.195 e. The molecule has 1 atom stereocenters. The third-order valence-corrected chi connectivity index (χ3v) is 18.4. The van der Waals surface area contributed by atoms with E-state index in [9.17, 15) is 0 Å². The fourth-order valence-corrected chi connectivity index (χ4v) is 12.7. The van der Waals surface area contributed by atoms with Gasteiger partial charge in [-0.05, 0) is 220 Å². The van der Waals surface area contributed by atoms with Crippen molar-refractivity contribution >= 4 is 51.6 Å². The van der Waals surface area contributed by atoms with Crippen molar-refractivity contribution in [3.05, 3.63) is 487 Å². The van der Waals surface area contributed by atoms with Gasteiger partial charge in [-0.25, -0.2) is 0 Å². The molecular formula is C106H66O3. The smallest absolute Gasteiger partial charge is 0.195 e. The van der Waals surface area contributed by atoms with Gasteiger partial charge >= 0.3 is 0 Å². The molecule has 13 aromatic rings. The van der Waals surface area contributed by atoms with Crippen LogP contribution in [0.25, 0.3) is 40.0 Å². The molecule has 15 rings (SSSR count). The summed E-state index contributed by atoms with van der Waals surface area (Å²) in [6, 6.07) is 115. The maximum absolute atomic E-state index is 15.9. The van der Waals surface area contributed by atoms with E-state index in [-0.39, 0.29) is 17.7 Å². The summed E-state index contributed by atoms with van der Waals surface area (Å²) in [4.78, 5) is 31.7. The number of ketones is 2. The zero-order valence-corrected chi connectivity index (χ0v) is 59.4. The number of carbonyl (C=O) groups is 2. The van der Waals surface area contributed by atoms with Gasteiger partial charge in [-0.15, -0.1) is 0 Å². The summed E-state index contributed by atoms with van der Waals surface area (Å²) in [5.74, 6) is 40.0. The molecule has 3 nitrogen and oxygen atoms in total. The van der Waals surface area contributed by atoms with E-state index in [2.05, 4.69) is 101 Å². The van der Waals surface area contributed by atoms with Crippen LogP contribution < -0.4 is 4.74 Å². The first-order valence-corrected chi connectivity index (χ1v) is 36.0. The molecule has 0 bridgehead atoms. The molecule has 0 amide bonds. The SMILES string of the molecule is O=C1C(c2ccc(C#Cc3ccccc3)cc2)=C(C2=CCC(Oc3ccc(/C=C(/C(=O)/C(=C/c4ccc(C#Cc5ccccc5)cc4)c4ccc(C#Cc5ccccc5)cc4)c4ccc(C#Cc5ccccc5)cc4)cc3)C=C2)C(c2ccc(C#Cc3ccccc3)cc2)=C1c1ccc(C#Cc2ccccc2)cc1. The topological polar surface area (TPSA) is 43.4 Å². The highest BCUT2D eigenvalue weighted by atomic mass is 16.5. The Kier molecular flexibility index (Phi) is 21.6. The lowest BCUT2D eigenvalue weighted by atomic mass is 9.86. The molecule has 0 fully saturated rings. The van der Waals surface area contributed by atoms with Crippen LogP contribution in [0.4, 0.5) is 0 Å². The Morgan fingerprint density at radius 3 is 0.835 bits per heavy atom. The normalized spacial score (nSPS) is 12.9. The molecule has 0 saturated carbocycles. The zero-order valence-electron chi connectivity index (χ0n) is 59.4. The first kappa shape index (κ1) is 69.5. The zero-order chi connectivity index (χ0) is 73.8. The van der Waals surface area contributed by atoms with E-state index in [1.807, 2.05) is 352 Å². The minimum Gasteiger partial charge on any atom is -0.486 e. The largest absolute Gasteiger partial charge is 0.486 e. The highest BCUT2D eigenvalue weighted by Crippen LogP contribution is 2.49. The van der Waals surface area contributed by atoms with Gasteiger partial charge in [0.15, 0.2) is 11.6 Å². The van der Waals surface area contributed by atoms with Crippen molar-refractivity contribution in [2.75, 3.05) is 0 Å². The fourth-order valence-electron chi connectivity index (χ4n) is 12.7. The van der Waals surface area contributed by atoms with Crippen molar-refractivity contribution in [2.45, 2.75) is 12.5 Å². The molecule has 0 spiro atoms. The number of rotatable bonds is 12. The molecule has 109 heavy (non-hydrogen) atoms. The lowest BCUT2D eigenvalue weighted by Gasteiger charge is -2.21. The monoisotopic (exact) mass is 1390 g/mol. The molecule has 2 aliphatic rings. The number of ether oxygens (including phenoxy) is 1. The average Bonchev–Trinajstić information content (AvgIpc) is 1.58. The Morgan fingerprint density at radius 2 is 0.541 bits per heavy atom. The third-order valence-electron chi connectivity index (χ3n) is 18.4. The van der Waals surface area contributed by atoms with Crippen LogP contribution in [0, 0.1) is 71.0 Å². The van der Waals surface area contributed by atoms with E-state index >= 15 is 9.59 Å². The van der Waals surface area contributed by atoms with Crippen LogP contribution >= 0.6 is 0 Å².